The Labute approximate surface area is 79.8 Å². The van der Waals surface area contributed by atoms with E-state index >= 15 is 0 Å². The van der Waals surface area contributed by atoms with E-state index < -0.39 is 0 Å². The molecule has 0 rings (SSSR count). The molecule has 22 valence electrons. The van der Waals surface area contributed by atoms with Crippen LogP contribution in [0.25, 0.3) is 0 Å². The van der Waals surface area contributed by atoms with Crippen molar-refractivity contribution in [1.82, 2.24) is 0 Å². The molecule has 0 fully saturated rings. The van der Waals surface area contributed by atoms with Crippen LogP contribution in [0.2, 0.25) is 0 Å². The summed E-state index contributed by atoms with van der Waals surface area (Å²) >= 11 is 0. The van der Waals surface area contributed by atoms with Gasteiger partial charge in [-0.05, 0) is 0 Å². The summed E-state index contributed by atoms with van der Waals surface area (Å²) in [5, 5.41) is 15.1. The van der Waals surface area contributed by atoms with Crippen LogP contribution in [0.1, 0.15) is 0 Å². The zero-order chi connectivity index (χ0) is 4.12. The van der Waals surface area contributed by atoms with E-state index in [1.807, 2.05) is 0 Å². The van der Waals surface area contributed by atoms with Gasteiger partial charge in [0, 0.05) is 0 Å². The maximum absolute atomic E-state index is 7.54. The van der Waals surface area contributed by atoms with E-state index in [-0.39, 0.29) is 51.4 Å². The molecule has 0 heterocycles. The Hall–Kier alpha value is 0.681. The van der Waals surface area contributed by atoms with Gasteiger partial charge in [0.2, 0.25) is 0 Å². The van der Waals surface area contributed by atoms with Crippen molar-refractivity contribution in [2.24, 2.45) is 0 Å². The standard InChI is InChI=1S/C2BN2.K/c4-1-3-2-5;/q-1;+1. The maximum atomic E-state index is 7.54. The third kappa shape index (κ3) is 8.82. The first kappa shape index (κ1) is 9.84. The van der Waals surface area contributed by atoms with Crippen LogP contribution < -0.4 is 51.4 Å². The van der Waals surface area contributed by atoms with Crippen molar-refractivity contribution in [2.75, 3.05) is 0 Å². The molecule has 0 unspecified atom stereocenters. The largest absolute Gasteiger partial charge is 1.00 e. The molecule has 6 heavy (non-hydrogen) atoms. The van der Waals surface area contributed by atoms with E-state index in [4.69, 9.17) is 10.5 Å². The summed E-state index contributed by atoms with van der Waals surface area (Å²) in [4.78, 5) is 0. The van der Waals surface area contributed by atoms with Crippen LogP contribution in [0, 0.1) is 22.5 Å². The van der Waals surface area contributed by atoms with Crippen molar-refractivity contribution in [3.63, 3.8) is 0 Å². The number of nitrogens with zero attached hydrogens (tertiary/aromatic N) is 2. The average Bonchev–Trinajstić information content (AvgIpc) is 1.41. The van der Waals surface area contributed by atoms with E-state index in [2.05, 4.69) is 0 Å². The van der Waals surface area contributed by atoms with Crippen molar-refractivity contribution in [3.05, 3.63) is 0 Å². The predicted molar refractivity (Wildman–Crippen MR) is 17.0 cm³/mol. The smallest absolute Gasteiger partial charge is 0.255 e. The topological polar surface area (TPSA) is 47.6 Å². The molecule has 0 aromatic heterocycles. The third-order valence-corrected chi connectivity index (χ3v) is 0.129. The van der Waals surface area contributed by atoms with E-state index in [0.29, 0.717) is 0 Å². The van der Waals surface area contributed by atoms with E-state index in [0.717, 1.165) is 7.28 Å². The first-order chi connectivity index (χ1) is 2.41. The summed E-state index contributed by atoms with van der Waals surface area (Å²) in [6.45, 7) is 0. The van der Waals surface area contributed by atoms with Crippen LogP contribution in [0.15, 0.2) is 0 Å². The minimum absolute atomic E-state index is 0. The molecule has 0 spiro atoms. The van der Waals surface area contributed by atoms with Gasteiger partial charge in [-0.3, -0.25) is 10.5 Å². The van der Waals surface area contributed by atoms with Gasteiger partial charge in [0.25, 0.3) is 0 Å². The number of hydrogen-bond acceptors (Lipinski definition) is 2. The molecule has 0 aliphatic heterocycles. The first-order valence-corrected chi connectivity index (χ1v) is 1.02. The summed E-state index contributed by atoms with van der Waals surface area (Å²) in [5.74, 6) is 3.06. The molecule has 0 saturated heterocycles. The van der Waals surface area contributed by atoms with Gasteiger partial charge in [0.05, 0.1) is 0 Å². The van der Waals surface area contributed by atoms with Gasteiger partial charge >= 0.3 is 51.4 Å². The Morgan fingerprint density at radius 1 is 1.17 bits per heavy atom. The van der Waals surface area contributed by atoms with E-state index in [1.165, 1.54) is 11.9 Å². The monoisotopic (exact) mass is 102 g/mol. The molecule has 0 aliphatic carbocycles. The molecular formula is C2BKN2. The molecule has 0 atom stereocenters. The van der Waals surface area contributed by atoms with Gasteiger partial charge in [0.15, 0.2) is 0 Å². The van der Waals surface area contributed by atoms with E-state index in [9.17, 15) is 0 Å². The molecule has 0 saturated carbocycles. The maximum Gasteiger partial charge on any atom is 1.00 e. The quantitative estimate of drug-likeness (QED) is 0.300. The fraction of sp³-hybridized carbons (Fsp3) is 0. The first-order valence-electron chi connectivity index (χ1n) is 1.02. The van der Waals surface area contributed by atoms with Gasteiger partial charge in [-0.15, -0.1) is 0 Å². The van der Waals surface area contributed by atoms with Crippen molar-refractivity contribution in [3.8, 4) is 11.9 Å². The van der Waals surface area contributed by atoms with Crippen molar-refractivity contribution in [1.29, 1.82) is 10.5 Å². The van der Waals surface area contributed by atoms with Crippen LogP contribution in [-0.2, 0) is 0 Å². The zero-order valence-corrected chi connectivity index (χ0v) is 6.59. The fourth-order valence-corrected chi connectivity index (χ4v) is 0.0289. The summed E-state index contributed by atoms with van der Waals surface area (Å²) in [7, 11) is 0.861. The minimum Gasteiger partial charge on any atom is -0.255 e. The van der Waals surface area contributed by atoms with Gasteiger partial charge in [-0.25, -0.2) is 11.9 Å². The van der Waals surface area contributed by atoms with Crippen molar-refractivity contribution >= 4 is 7.28 Å². The zero-order valence-electron chi connectivity index (χ0n) is 3.47. The summed E-state index contributed by atoms with van der Waals surface area (Å²) in [6.07, 6.45) is 0. The molecule has 2 radical (unpaired) electrons. The second-order valence-electron chi connectivity index (χ2n) is 0.403. The minimum atomic E-state index is 0. The molecule has 0 amide bonds. The molecule has 4 heteroatoms. The number of rotatable bonds is 0. The van der Waals surface area contributed by atoms with Gasteiger partial charge in [-0.2, -0.15) is 0 Å². The third-order valence-electron chi connectivity index (χ3n) is 0.129. The molecule has 0 aliphatic rings. The van der Waals surface area contributed by atoms with Gasteiger partial charge in [0.1, 0.15) is 0 Å². The van der Waals surface area contributed by atoms with Gasteiger partial charge < -0.3 is 0 Å². The van der Waals surface area contributed by atoms with Crippen LogP contribution in [-0.4, -0.2) is 7.28 Å². The second-order valence-corrected chi connectivity index (χ2v) is 0.403. The van der Waals surface area contributed by atoms with Crippen molar-refractivity contribution < 1.29 is 51.4 Å². The number of nitriles is 2. The summed E-state index contributed by atoms with van der Waals surface area (Å²) < 4.78 is 0. The van der Waals surface area contributed by atoms with Crippen LogP contribution in [0.4, 0.5) is 0 Å². The molecular weight excluding hydrogens is 102 g/mol. The Morgan fingerprint density at radius 2 is 1.50 bits per heavy atom. The van der Waals surface area contributed by atoms with Gasteiger partial charge in [-0.1, -0.05) is 7.28 Å². The predicted octanol–water partition coefficient (Wildman–Crippen LogP) is -3.34. The average molecular weight is 102 g/mol. The number of hydrogen-bond donors (Lipinski definition) is 0. The van der Waals surface area contributed by atoms with Crippen LogP contribution in [0.3, 0.4) is 0 Å². The van der Waals surface area contributed by atoms with Crippen molar-refractivity contribution in [2.45, 2.75) is 0 Å². The molecule has 0 aromatic rings. The molecule has 0 N–H and O–H groups in total. The van der Waals surface area contributed by atoms with E-state index in [1.54, 1.807) is 0 Å². The Bertz CT molecular complexity index is 76.7. The summed E-state index contributed by atoms with van der Waals surface area (Å²) in [5.41, 5.74) is 0. The SMILES string of the molecule is N#C[B-]C#N.[K+]. The van der Waals surface area contributed by atoms with Crippen LogP contribution in [0.5, 0.6) is 0 Å². The Morgan fingerprint density at radius 3 is 1.50 bits per heavy atom. The Balaban J connectivity index is 0. The second kappa shape index (κ2) is 9.19. The molecule has 2 nitrogen and oxygen atoms in total. The fourth-order valence-electron chi connectivity index (χ4n) is 0.0289. The Kier molecular flexibility index (Phi) is 15.1. The normalized spacial score (nSPS) is 3.67. The summed E-state index contributed by atoms with van der Waals surface area (Å²) in [6, 6.07) is 0. The molecule has 0 bridgehead atoms. The molecule has 0 aromatic carbocycles. The van der Waals surface area contributed by atoms with Crippen LogP contribution >= 0.6 is 0 Å².